The normalized spacial score (nSPS) is 19.4. The van der Waals surface area contributed by atoms with Crippen LogP contribution in [0.5, 0.6) is 5.75 Å². The highest BCUT2D eigenvalue weighted by Gasteiger charge is 2.39. The van der Waals surface area contributed by atoms with Gasteiger partial charge in [0.05, 0.1) is 5.56 Å². The smallest absolute Gasteiger partial charge is 0.184 e. The SMILES string of the molecule is CN(C)C(=S)S[C@@H]1C(=O)c2cc(Br)ccc2O[C@@H]1c1ccccc1. The second kappa shape index (κ2) is 7.25. The van der Waals surface area contributed by atoms with Crippen molar-refractivity contribution in [3.05, 3.63) is 64.1 Å². The Morgan fingerprint density at radius 2 is 1.92 bits per heavy atom. The topological polar surface area (TPSA) is 29.5 Å². The molecule has 0 N–H and O–H groups in total. The fraction of sp³-hybridized carbons (Fsp3) is 0.222. The van der Waals surface area contributed by atoms with Gasteiger partial charge >= 0.3 is 0 Å². The van der Waals surface area contributed by atoms with Gasteiger partial charge in [0.2, 0.25) is 0 Å². The first kappa shape index (κ1) is 17.5. The van der Waals surface area contributed by atoms with Gasteiger partial charge in [0.15, 0.2) is 5.78 Å². The molecule has 124 valence electrons. The number of carbonyl (C=O) groups excluding carboxylic acids is 1. The highest BCUT2D eigenvalue weighted by molar-refractivity contribution is 9.10. The predicted octanol–water partition coefficient (Wildman–Crippen LogP) is 4.71. The molecular weight excluding hydrogens is 406 g/mol. The summed E-state index contributed by atoms with van der Waals surface area (Å²) in [4.78, 5) is 15.0. The van der Waals surface area contributed by atoms with Crippen LogP contribution in [0.2, 0.25) is 0 Å². The Kier molecular flexibility index (Phi) is 5.27. The molecule has 6 heteroatoms. The van der Waals surface area contributed by atoms with Crippen molar-refractivity contribution in [1.82, 2.24) is 4.90 Å². The van der Waals surface area contributed by atoms with Crippen LogP contribution in [0, 0.1) is 0 Å². The standard InChI is InChI=1S/C18H16BrNO2S2/c1-20(2)18(23)24-17-15(21)13-10-12(19)8-9-14(13)22-16(17)11-6-4-3-5-7-11/h3-10,16-17H,1-2H3/t16-,17-/m1/s1. The number of hydrogen-bond donors (Lipinski definition) is 0. The van der Waals surface area contributed by atoms with Crippen LogP contribution in [-0.4, -0.2) is 34.3 Å². The molecule has 0 unspecified atom stereocenters. The zero-order chi connectivity index (χ0) is 17.3. The van der Waals surface area contributed by atoms with E-state index in [9.17, 15) is 4.79 Å². The molecule has 3 rings (SSSR count). The van der Waals surface area contributed by atoms with Crippen molar-refractivity contribution in [2.45, 2.75) is 11.4 Å². The van der Waals surface area contributed by atoms with Crippen LogP contribution in [0.1, 0.15) is 22.0 Å². The molecule has 0 saturated heterocycles. The van der Waals surface area contributed by atoms with Crippen molar-refractivity contribution in [2.75, 3.05) is 14.1 Å². The summed E-state index contributed by atoms with van der Waals surface area (Å²) < 4.78 is 7.72. The molecule has 0 spiro atoms. The molecule has 1 heterocycles. The van der Waals surface area contributed by atoms with Crippen LogP contribution >= 0.6 is 39.9 Å². The lowest BCUT2D eigenvalue weighted by Crippen LogP contribution is -2.36. The highest BCUT2D eigenvalue weighted by atomic mass is 79.9. The molecule has 0 saturated carbocycles. The van der Waals surface area contributed by atoms with Gasteiger partial charge in [-0.25, -0.2) is 0 Å². The average Bonchev–Trinajstić information content (AvgIpc) is 2.58. The van der Waals surface area contributed by atoms with Gasteiger partial charge in [-0.05, 0) is 23.8 Å². The fourth-order valence-corrected chi connectivity index (χ4v) is 4.17. The Balaban J connectivity index is 2.03. The first-order valence-corrected chi connectivity index (χ1v) is 9.49. The molecule has 1 aliphatic heterocycles. The Bertz CT molecular complexity index is 780. The van der Waals surface area contributed by atoms with Gasteiger partial charge in [0.1, 0.15) is 21.4 Å². The number of rotatable bonds is 2. The maximum Gasteiger partial charge on any atom is 0.184 e. The van der Waals surface area contributed by atoms with Gasteiger partial charge in [-0.1, -0.05) is 70.2 Å². The first-order chi connectivity index (χ1) is 11.5. The van der Waals surface area contributed by atoms with Crippen molar-refractivity contribution in [1.29, 1.82) is 0 Å². The second-order valence-electron chi connectivity index (χ2n) is 5.65. The lowest BCUT2D eigenvalue weighted by molar-refractivity contribution is 0.0868. The Labute approximate surface area is 159 Å². The maximum absolute atomic E-state index is 13.1. The predicted molar refractivity (Wildman–Crippen MR) is 106 cm³/mol. The van der Waals surface area contributed by atoms with E-state index in [1.165, 1.54) is 11.8 Å². The molecule has 2 aromatic rings. The van der Waals surface area contributed by atoms with E-state index in [4.69, 9.17) is 17.0 Å². The molecule has 24 heavy (non-hydrogen) atoms. The van der Waals surface area contributed by atoms with Crippen LogP contribution in [0.25, 0.3) is 0 Å². The summed E-state index contributed by atoms with van der Waals surface area (Å²) >= 11 is 10.2. The Hall–Kier alpha value is -1.37. The number of ketones is 1. The first-order valence-electron chi connectivity index (χ1n) is 7.40. The van der Waals surface area contributed by atoms with Crippen LogP contribution in [0.3, 0.4) is 0 Å². The minimum Gasteiger partial charge on any atom is -0.483 e. The number of nitrogens with zero attached hydrogens (tertiary/aromatic N) is 1. The van der Waals surface area contributed by atoms with E-state index < -0.39 is 5.25 Å². The van der Waals surface area contributed by atoms with Crippen LogP contribution in [0.15, 0.2) is 53.0 Å². The fourth-order valence-electron chi connectivity index (χ4n) is 2.50. The molecule has 2 atom stereocenters. The minimum absolute atomic E-state index is 0.0422. The van der Waals surface area contributed by atoms with Crippen LogP contribution < -0.4 is 4.74 Å². The largest absolute Gasteiger partial charge is 0.483 e. The molecular formula is C18H16BrNO2S2. The van der Waals surface area contributed by atoms with E-state index in [1.54, 1.807) is 0 Å². The molecule has 0 bridgehead atoms. The second-order valence-corrected chi connectivity index (χ2v) is 8.34. The molecule has 0 aliphatic carbocycles. The molecule has 3 nitrogen and oxygen atoms in total. The monoisotopic (exact) mass is 421 g/mol. The number of thioether (sulfide) groups is 1. The van der Waals surface area contributed by atoms with E-state index in [2.05, 4.69) is 15.9 Å². The lowest BCUT2D eigenvalue weighted by atomic mass is 9.96. The Morgan fingerprint density at radius 3 is 2.58 bits per heavy atom. The molecule has 0 aromatic heterocycles. The zero-order valence-electron chi connectivity index (χ0n) is 13.2. The van der Waals surface area contributed by atoms with Crippen molar-refractivity contribution < 1.29 is 9.53 Å². The van der Waals surface area contributed by atoms with Crippen LogP contribution in [-0.2, 0) is 0 Å². The number of halogens is 1. The minimum atomic E-state index is -0.413. The van der Waals surface area contributed by atoms with Gasteiger partial charge in [0, 0.05) is 18.6 Å². The third-order valence-corrected chi connectivity index (χ3v) is 6.14. The summed E-state index contributed by atoms with van der Waals surface area (Å²) in [7, 11) is 3.76. The highest BCUT2D eigenvalue weighted by Crippen LogP contribution is 2.41. The average molecular weight is 422 g/mol. The number of fused-ring (bicyclic) bond motifs is 1. The third-order valence-electron chi connectivity index (χ3n) is 3.72. The summed E-state index contributed by atoms with van der Waals surface area (Å²) in [6.07, 6.45) is -0.365. The maximum atomic E-state index is 13.1. The molecule has 2 aromatic carbocycles. The number of Topliss-reactive ketones (excluding diaryl/α,β-unsaturated/α-hetero) is 1. The van der Waals surface area contributed by atoms with Crippen LogP contribution in [0.4, 0.5) is 0 Å². The summed E-state index contributed by atoms with van der Waals surface area (Å²) in [5.41, 5.74) is 1.56. The van der Waals surface area contributed by atoms with E-state index in [-0.39, 0.29) is 11.9 Å². The summed E-state index contributed by atoms with van der Waals surface area (Å²) in [5.74, 6) is 0.658. The van der Waals surface area contributed by atoms with E-state index in [0.717, 1.165) is 10.0 Å². The molecule has 1 aliphatic rings. The number of hydrogen-bond acceptors (Lipinski definition) is 4. The Morgan fingerprint density at radius 1 is 1.21 bits per heavy atom. The van der Waals surface area contributed by atoms with Gasteiger partial charge in [-0.15, -0.1) is 0 Å². The number of thiocarbonyl (C=S) groups is 1. The quantitative estimate of drug-likeness (QED) is 0.654. The summed E-state index contributed by atoms with van der Waals surface area (Å²) in [5, 5.41) is -0.413. The van der Waals surface area contributed by atoms with Crippen molar-refractivity contribution >= 4 is 50.0 Å². The summed E-state index contributed by atoms with van der Waals surface area (Å²) in [6.45, 7) is 0. The molecule has 0 fully saturated rings. The number of carbonyl (C=O) groups is 1. The zero-order valence-corrected chi connectivity index (χ0v) is 16.5. The van der Waals surface area contributed by atoms with E-state index in [0.29, 0.717) is 15.6 Å². The van der Waals surface area contributed by atoms with Crippen molar-refractivity contribution in [3.63, 3.8) is 0 Å². The third kappa shape index (κ3) is 3.50. The number of ether oxygens (including phenoxy) is 1. The van der Waals surface area contributed by atoms with E-state index in [1.807, 2.05) is 67.5 Å². The van der Waals surface area contributed by atoms with Crippen molar-refractivity contribution in [3.8, 4) is 5.75 Å². The molecule has 0 amide bonds. The molecule has 0 radical (unpaired) electrons. The summed E-state index contributed by atoms with van der Waals surface area (Å²) in [6, 6.07) is 15.3. The van der Waals surface area contributed by atoms with Crippen molar-refractivity contribution in [2.24, 2.45) is 0 Å². The van der Waals surface area contributed by atoms with Gasteiger partial charge in [-0.3, -0.25) is 4.79 Å². The van der Waals surface area contributed by atoms with Gasteiger partial charge in [-0.2, -0.15) is 0 Å². The van der Waals surface area contributed by atoms with Gasteiger partial charge in [0.25, 0.3) is 0 Å². The number of benzene rings is 2. The lowest BCUT2D eigenvalue weighted by Gasteiger charge is -2.33. The van der Waals surface area contributed by atoms with Gasteiger partial charge < -0.3 is 9.64 Å². The van der Waals surface area contributed by atoms with E-state index >= 15 is 0 Å².